The molecular formula is C28H26NOP. The lowest BCUT2D eigenvalue weighted by atomic mass is 9.80. The molecule has 0 bridgehead atoms. The molecule has 154 valence electrons. The van der Waals surface area contributed by atoms with Crippen LogP contribution in [0.3, 0.4) is 0 Å². The van der Waals surface area contributed by atoms with Crippen LogP contribution in [-0.4, -0.2) is 11.3 Å². The zero-order valence-corrected chi connectivity index (χ0v) is 18.7. The van der Waals surface area contributed by atoms with Crippen LogP contribution < -0.4 is 0 Å². The maximum absolute atomic E-state index is 12.1. The minimum Gasteiger partial charge on any atom is -0.380 e. The summed E-state index contributed by atoms with van der Waals surface area (Å²) >= 11 is 0. The molecule has 0 fully saturated rings. The first-order valence-corrected chi connectivity index (χ1v) is 11.9. The molecule has 1 heterocycles. The quantitative estimate of drug-likeness (QED) is 0.461. The minimum absolute atomic E-state index is 0.580. The lowest BCUT2D eigenvalue weighted by Gasteiger charge is -2.32. The second-order valence-corrected chi connectivity index (χ2v) is 9.05. The highest BCUT2D eigenvalue weighted by Crippen LogP contribution is 2.41. The van der Waals surface area contributed by atoms with E-state index in [-0.39, 0.29) is 0 Å². The lowest BCUT2D eigenvalue weighted by Crippen LogP contribution is -2.29. The number of benzene rings is 3. The Morgan fingerprint density at radius 1 is 1.00 bits per heavy atom. The first-order chi connectivity index (χ1) is 15.1. The molecule has 0 aromatic heterocycles. The molecule has 3 heteroatoms. The lowest BCUT2D eigenvalue weighted by molar-refractivity contribution is 0.0708. The zero-order chi connectivity index (χ0) is 21.7. The van der Waals surface area contributed by atoms with E-state index in [0.29, 0.717) is 20.6 Å². The summed E-state index contributed by atoms with van der Waals surface area (Å²) in [4.78, 5) is 0. The molecule has 2 nitrogen and oxygen atoms in total. The van der Waals surface area contributed by atoms with Crippen molar-refractivity contribution in [2.24, 2.45) is 0 Å². The van der Waals surface area contributed by atoms with Gasteiger partial charge in [0.05, 0.1) is 11.6 Å². The molecule has 1 aliphatic heterocycles. The van der Waals surface area contributed by atoms with E-state index >= 15 is 0 Å². The van der Waals surface area contributed by atoms with Gasteiger partial charge in [-0.25, -0.2) is 0 Å². The molecule has 0 radical (unpaired) electrons. The summed E-state index contributed by atoms with van der Waals surface area (Å²) in [5.74, 6) is 2.18. The van der Waals surface area contributed by atoms with E-state index in [1.54, 1.807) is 0 Å². The summed E-state index contributed by atoms with van der Waals surface area (Å²) < 4.78 is 0. The van der Waals surface area contributed by atoms with Gasteiger partial charge in [0.25, 0.3) is 0 Å². The van der Waals surface area contributed by atoms with Crippen LogP contribution in [0, 0.1) is 18.3 Å². The fraction of sp³-hybridized carbons (Fsp3) is 0.179. The molecule has 4 rings (SSSR count). The highest BCUT2D eigenvalue weighted by molar-refractivity contribution is 7.42. The first-order valence-electron chi connectivity index (χ1n) is 10.6. The summed E-state index contributed by atoms with van der Waals surface area (Å²) in [5, 5.41) is 21.8. The van der Waals surface area contributed by atoms with Gasteiger partial charge < -0.3 is 5.11 Å². The number of nitrogens with zero attached hydrogens (tertiary/aromatic N) is 1. The third-order valence-corrected chi connectivity index (χ3v) is 6.93. The molecule has 0 saturated carbocycles. The van der Waals surface area contributed by atoms with Crippen molar-refractivity contribution in [2.45, 2.75) is 25.4 Å². The average Bonchev–Trinajstić information content (AvgIpc) is 2.83. The Bertz CT molecular complexity index is 1170. The van der Waals surface area contributed by atoms with Gasteiger partial charge in [0, 0.05) is 5.56 Å². The van der Waals surface area contributed by atoms with Crippen LogP contribution in [0.4, 0.5) is 0 Å². The van der Waals surface area contributed by atoms with Crippen LogP contribution in [0.25, 0.3) is 11.1 Å². The highest BCUT2D eigenvalue weighted by atomic mass is 31.1. The Morgan fingerprint density at radius 2 is 1.77 bits per heavy atom. The van der Waals surface area contributed by atoms with Gasteiger partial charge in [-0.05, 0) is 65.9 Å². The number of aryl methyl sites for hydroxylation is 2. The van der Waals surface area contributed by atoms with Gasteiger partial charge in [-0.15, -0.1) is 0 Å². The van der Waals surface area contributed by atoms with Crippen molar-refractivity contribution in [3.8, 4) is 17.2 Å². The molecule has 0 aliphatic carbocycles. The summed E-state index contributed by atoms with van der Waals surface area (Å²) in [5.41, 5.74) is 5.53. The summed E-state index contributed by atoms with van der Waals surface area (Å²) in [6.07, 6.45) is 6.59. The predicted molar refractivity (Wildman–Crippen MR) is 130 cm³/mol. The van der Waals surface area contributed by atoms with Gasteiger partial charge in [-0.2, -0.15) is 5.26 Å². The first kappa shape index (κ1) is 21.3. The summed E-state index contributed by atoms with van der Waals surface area (Å²) in [6.45, 7) is 2.05. The minimum atomic E-state index is -1.11. The molecule has 2 atom stereocenters. The van der Waals surface area contributed by atoms with Crippen molar-refractivity contribution in [3.63, 3.8) is 0 Å². The monoisotopic (exact) mass is 423 g/mol. The van der Waals surface area contributed by atoms with E-state index in [1.165, 1.54) is 5.56 Å². The maximum atomic E-state index is 12.1. The molecule has 1 aliphatic rings. The van der Waals surface area contributed by atoms with Crippen molar-refractivity contribution in [3.05, 3.63) is 119 Å². The van der Waals surface area contributed by atoms with Crippen molar-refractivity contribution in [1.29, 1.82) is 5.26 Å². The standard InChI is InChI=1S/C28H26NOP/c1-21-8-5-6-12-26(21)27-18-24(14-13-23(27)19-29)28(30,25-11-7-17-31-20-25)16-15-22-9-3-2-4-10-22/h2-14,18,20,30-31H,15-17H2,1H3. The zero-order valence-electron chi connectivity index (χ0n) is 17.7. The number of aliphatic hydroxyl groups is 1. The van der Waals surface area contributed by atoms with Crippen molar-refractivity contribution in [2.75, 3.05) is 6.16 Å². The molecular weight excluding hydrogens is 397 g/mol. The van der Waals surface area contributed by atoms with Gasteiger partial charge in [-0.3, -0.25) is 0 Å². The van der Waals surface area contributed by atoms with Gasteiger partial charge in [0.1, 0.15) is 5.60 Å². The van der Waals surface area contributed by atoms with Gasteiger partial charge >= 0.3 is 0 Å². The molecule has 3 aromatic carbocycles. The van der Waals surface area contributed by atoms with E-state index in [4.69, 9.17) is 0 Å². The van der Waals surface area contributed by atoms with Crippen LogP contribution in [0.5, 0.6) is 0 Å². The Hall–Kier alpha value is -2.98. The van der Waals surface area contributed by atoms with E-state index < -0.39 is 5.60 Å². The van der Waals surface area contributed by atoms with Crippen LogP contribution in [0.1, 0.15) is 28.7 Å². The molecule has 1 N–H and O–H groups in total. The Balaban J connectivity index is 1.80. The summed E-state index contributed by atoms with van der Waals surface area (Å²) in [7, 11) is 0.676. The van der Waals surface area contributed by atoms with Crippen molar-refractivity contribution >= 4 is 8.58 Å². The Labute approximate surface area is 186 Å². The SMILES string of the molecule is Cc1ccccc1-c1cc(C(O)(CCc2ccccc2)C2=CPCC=C2)ccc1C#N. The van der Waals surface area contributed by atoms with Gasteiger partial charge in [-0.1, -0.05) is 87.2 Å². The number of hydrogen-bond donors (Lipinski definition) is 1. The smallest absolute Gasteiger partial charge is 0.115 e. The molecule has 0 saturated heterocycles. The normalized spacial score (nSPS) is 15.8. The third-order valence-electron chi connectivity index (χ3n) is 5.94. The van der Waals surface area contributed by atoms with Crippen molar-refractivity contribution in [1.82, 2.24) is 0 Å². The topological polar surface area (TPSA) is 44.0 Å². The Morgan fingerprint density at radius 3 is 2.48 bits per heavy atom. The average molecular weight is 423 g/mol. The van der Waals surface area contributed by atoms with Crippen LogP contribution >= 0.6 is 8.58 Å². The number of hydrogen-bond acceptors (Lipinski definition) is 2. The Kier molecular flexibility index (Phi) is 6.47. The van der Waals surface area contributed by atoms with E-state index in [9.17, 15) is 10.4 Å². The second kappa shape index (κ2) is 9.44. The molecule has 2 unspecified atom stereocenters. The maximum Gasteiger partial charge on any atom is 0.115 e. The highest BCUT2D eigenvalue weighted by Gasteiger charge is 2.33. The molecule has 3 aromatic rings. The number of allylic oxidation sites excluding steroid dienone is 1. The predicted octanol–water partition coefficient (Wildman–Crippen LogP) is 6.49. The van der Waals surface area contributed by atoms with E-state index in [1.807, 2.05) is 54.6 Å². The molecule has 0 spiro atoms. The number of rotatable bonds is 6. The number of nitriles is 1. The van der Waals surface area contributed by atoms with Gasteiger partial charge in [0.15, 0.2) is 0 Å². The van der Waals surface area contributed by atoms with Crippen LogP contribution in [0.15, 0.2) is 96.3 Å². The largest absolute Gasteiger partial charge is 0.380 e. The fourth-order valence-electron chi connectivity index (χ4n) is 4.15. The summed E-state index contributed by atoms with van der Waals surface area (Å²) in [6, 6.07) is 26.5. The second-order valence-electron chi connectivity index (χ2n) is 7.94. The van der Waals surface area contributed by atoms with Gasteiger partial charge in [0.2, 0.25) is 0 Å². The van der Waals surface area contributed by atoms with Crippen LogP contribution in [-0.2, 0) is 12.0 Å². The van der Waals surface area contributed by atoms with E-state index in [0.717, 1.165) is 40.4 Å². The third kappa shape index (κ3) is 4.54. The van der Waals surface area contributed by atoms with E-state index in [2.05, 4.69) is 49.2 Å². The molecule has 0 amide bonds. The van der Waals surface area contributed by atoms with Crippen LogP contribution in [0.2, 0.25) is 0 Å². The van der Waals surface area contributed by atoms with Crippen molar-refractivity contribution < 1.29 is 5.11 Å². The molecule has 31 heavy (non-hydrogen) atoms. The fourth-order valence-corrected chi connectivity index (χ4v) is 5.08.